The number of hydrogen-bond acceptors (Lipinski definition) is 6. The van der Waals surface area contributed by atoms with Crippen LogP contribution in [0.25, 0.3) is 0 Å². The largest absolute Gasteiger partial charge is 0.497 e. The van der Waals surface area contributed by atoms with Crippen LogP contribution >= 0.6 is 11.6 Å². The number of methoxy groups -OCH3 is 3. The van der Waals surface area contributed by atoms with Crippen molar-refractivity contribution in [1.29, 1.82) is 0 Å². The van der Waals surface area contributed by atoms with E-state index in [9.17, 15) is 18.3 Å². The smallest absolute Gasteiger partial charge is 0.342 e. The van der Waals surface area contributed by atoms with Crippen molar-refractivity contribution in [3.8, 4) is 17.2 Å². The van der Waals surface area contributed by atoms with Gasteiger partial charge >= 0.3 is 6.61 Å². The number of aliphatic hydroxyl groups is 2. The van der Waals surface area contributed by atoms with Gasteiger partial charge in [0.1, 0.15) is 17.6 Å². The standard InChI is InChI=1S/C23H23ClFNO4.CH2F2O/c1-28-16-9-7-14(21(12-16)29-2)13-26-20-10-8-15(24)11-18(20)22(27)17-5-4-6-19(25)23(17)30-3;2-1(3)4/h4-12,22,26-27H,13H2,1-3H3;1,4H. The van der Waals surface area contributed by atoms with Crippen LogP contribution in [0.1, 0.15) is 22.8 Å². The van der Waals surface area contributed by atoms with Crippen LogP contribution in [0.2, 0.25) is 5.02 Å². The molecule has 3 N–H and O–H groups in total. The van der Waals surface area contributed by atoms with E-state index in [1.165, 1.54) is 19.2 Å². The quantitative estimate of drug-likeness (QED) is 0.385. The maximum absolute atomic E-state index is 14.1. The molecule has 0 bridgehead atoms. The van der Waals surface area contributed by atoms with Gasteiger partial charge in [0.05, 0.1) is 21.3 Å². The Labute approximate surface area is 200 Å². The van der Waals surface area contributed by atoms with Crippen molar-refractivity contribution < 1.29 is 37.6 Å². The molecular formula is C24H25ClF3NO5. The average molecular weight is 500 g/mol. The second kappa shape index (κ2) is 12.9. The third kappa shape index (κ3) is 7.18. The number of hydrogen-bond donors (Lipinski definition) is 3. The van der Waals surface area contributed by atoms with Crippen molar-refractivity contribution >= 4 is 17.3 Å². The molecule has 1 atom stereocenters. The van der Waals surface area contributed by atoms with Crippen LogP contribution in [0.5, 0.6) is 17.2 Å². The van der Waals surface area contributed by atoms with Crippen LogP contribution in [0.3, 0.4) is 0 Å². The molecule has 3 rings (SSSR count). The molecular weight excluding hydrogens is 475 g/mol. The Hall–Kier alpha value is -3.14. The first-order valence-electron chi connectivity index (χ1n) is 9.92. The number of rotatable bonds is 8. The van der Waals surface area contributed by atoms with Gasteiger partial charge in [-0.3, -0.25) is 0 Å². The van der Waals surface area contributed by atoms with Gasteiger partial charge in [0.25, 0.3) is 0 Å². The zero-order chi connectivity index (χ0) is 25.3. The van der Waals surface area contributed by atoms with Crippen molar-refractivity contribution in [3.05, 3.63) is 82.1 Å². The van der Waals surface area contributed by atoms with Gasteiger partial charge < -0.3 is 29.7 Å². The summed E-state index contributed by atoms with van der Waals surface area (Å²) in [7, 11) is 4.54. The fraction of sp³-hybridized carbons (Fsp3) is 0.250. The van der Waals surface area contributed by atoms with Gasteiger partial charge in [-0.1, -0.05) is 23.7 Å². The van der Waals surface area contributed by atoms with Crippen LogP contribution < -0.4 is 19.5 Å². The molecule has 1 unspecified atom stereocenters. The summed E-state index contributed by atoms with van der Waals surface area (Å²) in [6.07, 6.45) is -1.14. The predicted molar refractivity (Wildman–Crippen MR) is 124 cm³/mol. The summed E-state index contributed by atoms with van der Waals surface area (Å²) in [4.78, 5) is 0. The van der Waals surface area contributed by atoms with Gasteiger partial charge in [0.15, 0.2) is 11.6 Å². The zero-order valence-electron chi connectivity index (χ0n) is 18.7. The van der Waals surface area contributed by atoms with Gasteiger partial charge in [-0.25, -0.2) is 4.39 Å². The molecule has 0 saturated heterocycles. The van der Waals surface area contributed by atoms with Gasteiger partial charge in [-0.05, 0) is 36.4 Å². The zero-order valence-corrected chi connectivity index (χ0v) is 19.4. The highest BCUT2D eigenvalue weighted by molar-refractivity contribution is 6.30. The van der Waals surface area contributed by atoms with Crippen LogP contribution in [-0.2, 0) is 6.54 Å². The first kappa shape index (κ1) is 27.1. The number of aliphatic hydroxyl groups excluding tert-OH is 2. The maximum atomic E-state index is 14.1. The van der Waals surface area contributed by atoms with E-state index in [-0.39, 0.29) is 5.75 Å². The van der Waals surface area contributed by atoms with Crippen LogP contribution in [0, 0.1) is 5.82 Å². The minimum absolute atomic E-state index is 0.00671. The van der Waals surface area contributed by atoms with E-state index in [4.69, 9.17) is 30.9 Å². The van der Waals surface area contributed by atoms with Gasteiger partial charge in [0.2, 0.25) is 0 Å². The van der Waals surface area contributed by atoms with Crippen LogP contribution in [0.15, 0.2) is 54.6 Å². The summed E-state index contributed by atoms with van der Waals surface area (Å²) in [5.74, 6) is 0.808. The normalized spacial score (nSPS) is 11.4. The lowest BCUT2D eigenvalue weighted by atomic mass is 9.98. The summed E-state index contributed by atoms with van der Waals surface area (Å²) in [5.41, 5.74) is 2.36. The van der Waals surface area contributed by atoms with Gasteiger partial charge in [-0.2, -0.15) is 8.78 Å². The highest BCUT2D eigenvalue weighted by atomic mass is 35.5. The van der Waals surface area contributed by atoms with E-state index < -0.39 is 18.5 Å². The van der Waals surface area contributed by atoms with Gasteiger partial charge in [-0.15, -0.1) is 0 Å². The topological polar surface area (TPSA) is 80.2 Å². The molecule has 6 nitrogen and oxygen atoms in total. The van der Waals surface area contributed by atoms with Gasteiger partial charge in [0, 0.05) is 40.0 Å². The molecule has 10 heteroatoms. The Morgan fingerprint density at radius 3 is 2.24 bits per heavy atom. The molecule has 0 aliphatic rings. The SMILES string of the molecule is COc1ccc(CNc2ccc(Cl)cc2C(O)c2cccc(F)c2OC)c(OC)c1.OC(F)F. The van der Waals surface area contributed by atoms with Crippen molar-refractivity contribution in [3.63, 3.8) is 0 Å². The van der Waals surface area contributed by atoms with E-state index in [1.807, 2.05) is 12.1 Å². The lowest BCUT2D eigenvalue weighted by Crippen LogP contribution is -2.09. The molecule has 0 heterocycles. The summed E-state index contributed by atoms with van der Waals surface area (Å²) < 4.78 is 49.7. The molecule has 3 aromatic carbocycles. The Balaban J connectivity index is 0.000000945. The average Bonchev–Trinajstić information content (AvgIpc) is 2.82. The Bertz CT molecular complexity index is 1080. The Morgan fingerprint density at radius 1 is 0.912 bits per heavy atom. The third-order valence-corrected chi connectivity index (χ3v) is 5.00. The number of anilines is 1. The molecule has 0 saturated carbocycles. The monoisotopic (exact) mass is 499 g/mol. The van der Waals surface area contributed by atoms with Crippen molar-refractivity contribution in [2.75, 3.05) is 26.6 Å². The number of halogens is 4. The third-order valence-electron chi connectivity index (χ3n) is 4.77. The Morgan fingerprint density at radius 2 is 1.62 bits per heavy atom. The second-order valence-electron chi connectivity index (χ2n) is 6.81. The van der Waals surface area contributed by atoms with E-state index >= 15 is 0 Å². The highest BCUT2D eigenvalue weighted by Gasteiger charge is 2.21. The number of para-hydroxylation sites is 1. The summed E-state index contributed by atoms with van der Waals surface area (Å²) in [5, 5.41) is 21.5. The van der Waals surface area contributed by atoms with E-state index in [2.05, 4.69) is 5.32 Å². The molecule has 3 aromatic rings. The maximum Gasteiger partial charge on any atom is 0.342 e. The van der Waals surface area contributed by atoms with Crippen LogP contribution in [-0.4, -0.2) is 38.2 Å². The number of nitrogens with one attached hydrogen (secondary N) is 1. The first-order chi connectivity index (χ1) is 16.2. The summed E-state index contributed by atoms with van der Waals surface area (Å²) in [6.45, 7) is -2.74. The number of alkyl halides is 2. The molecule has 184 valence electrons. The van der Waals surface area contributed by atoms with Crippen molar-refractivity contribution in [2.45, 2.75) is 19.3 Å². The van der Waals surface area contributed by atoms with Crippen LogP contribution in [0.4, 0.5) is 18.9 Å². The van der Waals surface area contributed by atoms with E-state index in [1.54, 1.807) is 44.6 Å². The molecule has 0 amide bonds. The lowest BCUT2D eigenvalue weighted by Gasteiger charge is -2.20. The minimum atomic E-state index is -3.17. The Kier molecular flexibility index (Phi) is 10.3. The van der Waals surface area contributed by atoms with Crippen molar-refractivity contribution in [2.24, 2.45) is 0 Å². The predicted octanol–water partition coefficient (Wildman–Crippen LogP) is 5.40. The minimum Gasteiger partial charge on any atom is -0.497 e. The molecule has 0 fully saturated rings. The molecule has 0 aliphatic carbocycles. The molecule has 0 aliphatic heterocycles. The first-order valence-corrected chi connectivity index (χ1v) is 10.3. The van der Waals surface area contributed by atoms with Crippen molar-refractivity contribution in [1.82, 2.24) is 0 Å². The highest BCUT2D eigenvalue weighted by Crippen LogP contribution is 2.37. The van der Waals surface area contributed by atoms with E-state index in [0.717, 1.165) is 5.56 Å². The fourth-order valence-corrected chi connectivity index (χ4v) is 3.41. The second-order valence-corrected chi connectivity index (χ2v) is 7.24. The fourth-order valence-electron chi connectivity index (χ4n) is 3.23. The summed E-state index contributed by atoms with van der Waals surface area (Å²) in [6, 6.07) is 15.1. The number of benzene rings is 3. The molecule has 0 aromatic heterocycles. The lowest BCUT2D eigenvalue weighted by molar-refractivity contribution is -0.0728. The number of ether oxygens (including phenoxy) is 3. The molecule has 0 spiro atoms. The molecule has 0 radical (unpaired) electrons. The van der Waals surface area contributed by atoms with E-state index in [0.29, 0.717) is 39.9 Å². The summed E-state index contributed by atoms with van der Waals surface area (Å²) >= 11 is 6.17. The molecule has 34 heavy (non-hydrogen) atoms.